The Morgan fingerprint density at radius 1 is 1.26 bits per heavy atom. The van der Waals surface area contributed by atoms with Crippen LogP contribution in [0.15, 0.2) is 23.1 Å². The van der Waals surface area contributed by atoms with Crippen molar-refractivity contribution in [2.45, 2.75) is 31.3 Å². The Balaban J connectivity index is 1.53. The van der Waals surface area contributed by atoms with Crippen LogP contribution in [-0.2, 0) is 9.84 Å². The number of carbonyl (C=O) groups excluding carboxylic acids is 1. The number of amides is 1. The van der Waals surface area contributed by atoms with Crippen molar-refractivity contribution < 1.29 is 13.2 Å². The second kappa shape index (κ2) is 6.45. The maximum Gasteiger partial charge on any atom is 0.260 e. The van der Waals surface area contributed by atoms with Crippen LogP contribution in [0, 0.1) is 0 Å². The lowest BCUT2D eigenvalue weighted by Gasteiger charge is -2.35. The quantitative estimate of drug-likeness (QED) is 0.791. The molecule has 1 unspecified atom stereocenters. The first-order valence-electron chi connectivity index (χ1n) is 7.88. The van der Waals surface area contributed by atoms with Crippen LogP contribution in [0.25, 0.3) is 0 Å². The summed E-state index contributed by atoms with van der Waals surface area (Å²) in [5.74, 6) is 0.183. The molecule has 7 nitrogen and oxygen atoms in total. The van der Waals surface area contributed by atoms with Crippen LogP contribution in [0.3, 0.4) is 0 Å². The lowest BCUT2D eigenvalue weighted by Crippen LogP contribution is -2.48. The minimum atomic E-state index is -2.87. The number of pyridine rings is 1. The summed E-state index contributed by atoms with van der Waals surface area (Å²) in [7, 11) is -2.87. The van der Waals surface area contributed by atoms with Crippen LogP contribution in [0.5, 0.6) is 0 Å². The molecule has 23 heavy (non-hydrogen) atoms. The summed E-state index contributed by atoms with van der Waals surface area (Å²) in [5, 5.41) is 2.90. The van der Waals surface area contributed by atoms with Crippen molar-refractivity contribution in [3.05, 3.63) is 34.2 Å². The smallest absolute Gasteiger partial charge is 0.260 e. The summed E-state index contributed by atoms with van der Waals surface area (Å²) in [6.45, 7) is 1.55. The zero-order valence-corrected chi connectivity index (χ0v) is 13.6. The first kappa shape index (κ1) is 16.2. The molecule has 126 valence electrons. The van der Waals surface area contributed by atoms with E-state index in [0.29, 0.717) is 6.42 Å². The van der Waals surface area contributed by atoms with Gasteiger partial charge < -0.3 is 10.3 Å². The Kier molecular flexibility index (Phi) is 4.54. The Morgan fingerprint density at radius 3 is 2.61 bits per heavy atom. The number of aromatic nitrogens is 1. The predicted octanol–water partition coefficient (Wildman–Crippen LogP) is -0.244. The highest BCUT2D eigenvalue weighted by Gasteiger charge is 2.34. The number of carbonyl (C=O) groups is 1. The third kappa shape index (κ3) is 3.81. The first-order chi connectivity index (χ1) is 10.9. The predicted molar refractivity (Wildman–Crippen MR) is 86.2 cm³/mol. The van der Waals surface area contributed by atoms with E-state index in [1.54, 1.807) is 6.07 Å². The highest BCUT2D eigenvalue weighted by Crippen LogP contribution is 2.21. The van der Waals surface area contributed by atoms with Gasteiger partial charge >= 0.3 is 0 Å². The number of nitrogens with one attached hydrogen (secondary N) is 2. The summed E-state index contributed by atoms with van der Waals surface area (Å²) in [5.41, 5.74) is -0.268. The van der Waals surface area contributed by atoms with E-state index in [9.17, 15) is 18.0 Å². The minimum absolute atomic E-state index is 0.0244. The van der Waals surface area contributed by atoms with Crippen molar-refractivity contribution in [2.24, 2.45) is 0 Å². The standard InChI is InChI=1S/C15H21N3O4S/c19-14-13(2-1-6-16-14)15(20)17-11-3-7-18(8-4-11)12-5-9-23(21,22)10-12/h1-2,6,11-12H,3-5,7-10H2,(H,16,19)(H,17,20). The van der Waals surface area contributed by atoms with Crippen LogP contribution in [-0.4, -0.2) is 60.9 Å². The molecule has 2 N–H and O–H groups in total. The molecule has 1 atom stereocenters. The average Bonchev–Trinajstić information content (AvgIpc) is 2.88. The highest BCUT2D eigenvalue weighted by atomic mass is 32.2. The van der Waals surface area contributed by atoms with Crippen LogP contribution in [0.2, 0.25) is 0 Å². The van der Waals surface area contributed by atoms with Crippen molar-refractivity contribution in [3.63, 3.8) is 0 Å². The van der Waals surface area contributed by atoms with Crippen LogP contribution in [0.4, 0.5) is 0 Å². The van der Waals surface area contributed by atoms with Gasteiger partial charge in [-0.1, -0.05) is 0 Å². The summed E-state index contributed by atoms with van der Waals surface area (Å²) in [4.78, 5) is 28.4. The van der Waals surface area contributed by atoms with Crippen molar-refractivity contribution in [1.29, 1.82) is 0 Å². The van der Waals surface area contributed by atoms with E-state index in [1.165, 1.54) is 12.3 Å². The number of sulfone groups is 1. The topological polar surface area (TPSA) is 99.3 Å². The van der Waals surface area contributed by atoms with Gasteiger partial charge in [0.25, 0.3) is 11.5 Å². The number of nitrogens with zero attached hydrogens (tertiary/aromatic N) is 1. The van der Waals surface area contributed by atoms with Crippen molar-refractivity contribution in [1.82, 2.24) is 15.2 Å². The molecule has 0 bridgehead atoms. The zero-order chi connectivity index (χ0) is 16.4. The second-order valence-corrected chi connectivity index (χ2v) is 8.48. The molecule has 0 saturated carbocycles. The van der Waals surface area contributed by atoms with Gasteiger partial charge in [-0.05, 0) is 31.4 Å². The van der Waals surface area contributed by atoms with Gasteiger partial charge in [-0.2, -0.15) is 0 Å². The molecular weight excluding hydrogens is 318 g/mol. The fourth-order valence-electron chi connectivity index (χ4n) is 3.34. The van der Waals surface area contributed by atoms with Crippen LogP contribution >= 0.6 is 0 Å². The molecule has 2 saturated heterocycles. The number of likely N-dealkylation sites (tertiary alicyclic amines) is 1. The fourth-order valence-corrected chi connectivity index (χ4v) is 5.10. The summed E-state index contributed by atoms with van der Waals surface area (Å²) < 4.78 is 23.1. The average molecular weight is 339 g/mol. The lowest BCUT2D eigenvalue weighted by molar-refractivity contribution is 0.0896. The number of hydrogen-bond acceptors (Lipinski definition) is 5. The SMILES string of the molecule is O=C(NC1CCN(C2CCS(=O)(=O)C2)CC1)c1ccc[nH]c1=O. The fraction of sp³-hybridized carbons (Fsp3) is 0.600. The van der Waals surface area contributed by atoms with E-state index in [1.807, 2.05) is 0 Å². The first-order valence-corrected chi connectivity index (χ1v) is 9.70. The Bertz CT molecular complexity index is 735. The van der Waals surface area contributed by atoms with Gasteiger partial charge in [0.15, 0.2) is 9.84 Å². The van der Waals surface area contributed by atoms with Crippen molar-refractivity contribution >= 4 is 15.7 Å². The third-order valence-electron chi connectivity index (χ3n) is 4.65. The number of rotatable bonds is 3. The highest BCUT2D eigenvalue weighted by molar-refractivity contribution is 7.91. The van der Waals surface area contributed by atoms with Gasteiger partial charge in [0, 0.05) is 31.4 Å². The van der Waals surface area contributed by atoms with Gasteiger partial charge in [0.05, 0.1) is 11.5 Å². The molecule has 1 amide bonds. The van der Waals surface area contributed by atoms with Gasteiger partial charge in [-0.3, -0.25) is 14.5 Å². The van der Waals surface area contributed by atoms with E-state index >= 15 is 0 Å². The van der Waals surface area contributed by atoms with E-state index < -0.39 is 15.4 Å². The Morgan fingerprint density at radius 2 is 2.00 bits per heavy atom. The van der Waals surface area contributed by atoms with Gasteiger partial charge in [0.1, 0.15) is 5.56 Å². The van der Waals surface area contributed by atoms with Gasteiger partial charge in [-0.15, -0.1) is 0 Å². The van der Waals surface area contributed by atoms with Crippen molar-refractivity contribution in [2.75, 3.05) is 24.6 Å². The largest absolute Gasteiger partial charge is 0.349 e. The minimum Gasteiger partial charge on any atom is -0.349 e. The number of aromatic amines is 1. The van der Waals surface area contributed by atoms with E-state index in [2.05, 4.69) is 15.2 Å². The summed E-state index contributed by atoms with van der Waals surface area (Å²) >= 11 is 0. The monoisotopic (exact) mass is 339 g/mol. The molecule has 3 rings (SSSR count). The zero-order valence-electron chi connectivity index (χ0n) is 12.8. The number of H-pyrrole nitrogens is 1. The molecule has 1 aromatic rings. The van der Waals surface area contributed by atoms with Crippen LogP contribution in [0.1, 0.15) is 29.6 Å². The molecule has 2 fully saturated rings. The Labute approximate surface area is 135 Å². The maximum atomic E-state index is 12.1. The van der Waals surface area contributed by atoms with Crippen LogP contribution < -0.4 is 10.9 Å². The summed E-state index contributed by atoms with van der Waals surface area (Å²) in [6.07, 6.45) is 3.74. The van der Waals surface area contributed by atoms with Crippen molar-refractivity contribution in [3.8, 4) is 0 Å². The number of hydrogen-bond donors (Lipinski definition) is 2. The molecule has 8 heteroatoms. The maximum absolute atomic E-state index is 12.1. The van der Waals surface area contributed by atoms with Gasteiger partial charge in [0.2, 0.25) is 0 Å². The third-order valence-corrected chi connectivity index (χ3v) is 6.40. The molecule has 1 aromatic heterocycles. The molecule has 0 spiro atoms. The summed E-state index contributed by atoms with van der Waals surface area (Å²) in [6, 6.07) is 3.27. The lowest BCUT2D eigenvalue weighted by atomic mass is 10.0. The number of piperidine rings is 1. The molecule has 2 aliphatic heterocycles. The molecule has 2 aliphatic rings. The molecule has 0 radical (unpaired) electrons. The molecular formula is C15H21N3O4S. The van der Waals surface area contributed by atoms with E-state index in [0.717, 1.165) is 25.9 Å². The Hall–Kier alpha value is -1.67. The van der Waals surface area contributed by atoms with E-state index in [4.69, 9.17) is 0 Å². The molecule has 3 heterocycles. The second-order valence-electron chi connectivity index (χ2n) is 6.25. The normalized spacial score (nSPS) is 25.3. The molecule has 0 aromatic carbocycles. The van der Waals surface area contributed by atoms with E-state index in [-0.39, 0.29) is 35.1 Å². The molecule has 0 aliphatic carbocycles. The van der Waals surface area contributed by atoms with Gasteiger partial charge in [-0.25, -0.2) is 8.42 Å².